The van der Waals surface area contributed by atoms with Crippen molar-refractivity contribution in [3.63, 3.8) is 0 Å². The summed E-state index contributed by atoms with van der Waals surface area (Å²) in [5, 5.41) is 10.5. The van der Waals surface area contributed by atoms with Crippen molar-refractivity contribution in [3.05, 3.63) is 23.3 Å². The minimum Gasteiger partial charge on any atom is -0.493 e. The van der Waals surface area contributed by atoms with Gasteiger partial charge in [-0.1, -0.05) is 0 Å². The second-order valence-corrected chi connectivity index (χ2v) is 5.82. The number of nitrogens with zero attached hydrogens (tertiary/aromatic N) is 1. The van der Waals surface area contributed by atoms with Crippen molar-refractivity contribution in [2.45, 2.75) is 31.3 Å². The lowest BCUT2D eigenvalue weighted by Gasteiger charge is -2.29. The molecule has 19 heavy (non-hydrogen) atoms. The van der Waals surface area contributed by atoms with E-state index in [4.69, 9.17) is 10.5 Å². The molecule has 0 amide bonds. The third-order valence-corrected chi connectivity index (χ3v) is 4.34. The van der Waals surface area contributed by atoms with Crippen LogP contribution in [0.15, 0.2) is 12.1 Å². The van der Waals surface area contributed by atoms with Gasteiger partial charge in [0.1, 0.15) is 5.75 Å². The molecule has 2 heterocycles. The summed E-state index contributed by atoms with van der Waals surface area (Å²) in [6.45, 7) is 1.91. The number of nitrogens with two attached hydrogens (primary N) is 1. The fraction of sp³-hybridized carbons (Fsp3) is 0.600. The summed E-state index contributed by atoms with van der Waals surface area (Å²) in [6, 6.07) is 4.33. The molecule has 0 fully saturated rings. The Labute approximate surface area is 114 Å². The van der Waals surface area contributed by atoms with Crippen LogP contribution < -0.4 is 15.4 Å². The van der Waals surface area contributed by atoms with Crippen molar-refractivity contribution < 1.29 is 9.84 Å². The summed E-state index contributed by atoms with van der Waals surface area (Å²) >= 11 is 0. The highest BCUT2D eigenvalue weighted by Crippen LogP contribution is 2.36. The van der Waals surface area contributed by atoms with Gasteiger partial charge in [0.05, 0.1) is 12.2 Å². The van der Waals surface area contributed by atoms with E-state index in [0.29, 0.717) is 19.4 Å². The first-order chi connectivity index (χ1) is 9.11. The van der Waals surface area contributed by atoms with Crippen LogP contribution in [0.1, 0.15) is 24.0 Å². The van der Waals surface area contributed by atoms with Crippen molar-refractivity contribution in [3.8, 4) is 5.75 Å². The largest absolute Gasteiger partial charge is 0.493 e. The summed E-state index contributed by atoms with van der Waals surface area (Å²) < 4.78 is 5.81. The van der Waals surface area contributed by atoms with E-state index < -0.39 is 5.60 Å². The second-order valence-electron chi connectivity index (χ2n) is 5.82. The molecule has 1 aromatic carbocycles. The van der Waals surface area contributed by atoms with E-state index in [0.717, 1.165) is 24.3 Å². The quantitative estimate of drug-likeness (QED) is 0.795. The first-order valence-electron chi connectivity index (χ1n) is 7.03. The van der Waals surface area contributed by atoms with Crippen molar-refractivity contribution in [1.29, 1.82) is 0 Å². The number of fused-ring (bicyclic) bond motifs is 2. The number of ether oxygens (including phenoxy) is 1. The van der Waals surface area contributed by atoms with Crippen molar-refractivity contribution in [2.24, 2.45) is 5.73 Å². The Morgan fingerprint density at radius 2 is 2.26 bits per heavy atom. The fourth-order valence-electron chi connectivity index (χ4n) is 3.08. The highest BCUT2D eigenvalue weighted by atomic mass is 16.5. The van der Waals surface area contributed by atoms with Gasteiger partial charge in [0.15, 0.2) is 0 Å². The minimum absolute atomic E-state index is 0.280. The van der Waals surface area contributed by atoms with Gasteiger partial charge in [0.25, 0.3) is 0 Å². The zero-order chi connectivity index (χ0) is 13.5. The average Bonchev–Trinajstić information content (AvgIpc) is 2.56. The Hall–Kier alpha value is -1.26. The summed E-state index contributed by atoms with van der Waals surface area (Å²) in [4.78, 5) is 2.28. The van der Waals surface area contributed by atoms with Crippen LogP contribution in [0.2, 0.25) is 0 Å². The summed E-state index contributed by atoms with van der Waals surface area (Å²) in [7, 11) is 2.12. The molecule has 0 spiro atoms. The lowest BCUT2D eigenvalue weighted by Crippen LogP contribution is -2.40. The van der Waals surface area contributed by atoms with Gasteiger partial charge in [-0.05, 0) is 36.1 Å². The van der Waals surface area contributed by atoms with E-state index >= 15 is 0 Å². The van der Waals surface area contributed by atoms with Crippen molar-refractivity contribution in [2.75, 3.05) is 31.6 Å². The molecule has 2 aliphatic heterocycles. The monoisotopic (exact) mass is 262 g/mol. The molecule has 1 atom stereocenters. The number of aliphatic hydroxyl groups is 1. The number of aryl methyl sites for hydroxylation is 1. The van der Waals surface area contributed by atoms with E-state index in [9.17, 15) is 5.11 Å². The van der Waals surface area contributed by atoms with Gasteiger partial charge in [0.2, 0.25) is 0 Å². The predicted octanol–water partition coefficient (Wildman–Crippen LogP) is 1.08. The van der Waals surface area contributed by atoms with Gasteiger partial charge in [-0.25, -0.2) is 0 Å². The van der Waals surface area contributed by atoms with Gasteiger partial charge in [-0.2, -0.15) is 0 Å². The number of benzene rings is 1. The smallest absolute Gasteiger partial charge is 0.123 e. The lowest BCUT2D eigenvalue weighted by atomic mass is 9.90. The second kappa shape index (κ2) is 4.69. The molecule has 0 radical (unpaired) electrons. The van der Waals surface area contributed by atoms with Gasteiger partial charge in [-0.3, -0.25) is 0 Å². The average molecular weight is 262 g/mol. The molecule has 1 aromatic rings. The molecule has 3 N–H and O–H groups in total. The molecule has 0 saturated carbocycles. The SMILES string of the molecule is CN1CCCc2cc3c(cc21)CC(O)(CN)CCO3. The van der Waals surface area contributed by atoms with Gasteiger partial charge in [0, 0.05) is 38.7 Å². The Kier molecular flexibility index (Phi) is 3.15. The molecule has 4 heteroatoms. The minimum atomic E-state index is -0.827. The van der Waals surface area contributed by atoms with Crippen LogP contribution in [-0.2, 0) is 12.8 Å². The third kappa shape index (κ3) is 2.30. The molecule has 0 bridgehead atoms. The topological polar surface area (TPSA) is 58.7 Å². The van der Waals surface area contributed by atoms with Crippen LogP contribution in [0.25, 0.3) is 0 Å². The molecular formula is C15H22N2O2. The van der Waals surface area contributed by atoms with E-state index in [1.54, 1.807) is 0 Å². The first-order valence-corrected chi connectivity index (χ1v) is 7.03. The number of anilines is 1. The Morgan fingerprint density at radius 3 is 3.05 bits per heavy atom. The van der Waals surface area contributed by atoms with Crippen molar-refractivity contribution in [1.82, 2.24) is 0 Å². The molecule has 0 saturated heterocycles. The molecule has 2 aliphatic rings. The summed E-state index contributed by atoms with van der Waals surface area (Å²) in [5.74, 6) is 0.929. The Morgan fingerprint density at radius 1 is 1.42 bits per heavy atom. The third-order valence-electron chi connectivity index (χ3n) is 4.34. The van der Waals surface area contributed by atoms with Gasteiger partial charge >= 0.3 is 0 Å². The highest BCUT2D eigenvalue weighted by Gasteiger charge is 2.31. The fourth-order valence-corrected chi connectivity index (χ4v) is 3.08. The van der Waals surface area contributed by atoms with Crippen molar-refractivity contribution >= 4 is 5.69 Å². The van der Waals surface area contributed by atoms with Crippen LogP contribution in [0, 0.1) is 0 Å². The zero-order valence-electron chi connectivity index (χ0n) is 11.5. The molecule has 0 aromatic heterocycles. The van der Waals surface area contributed by atoms with Crippen LogP contribution >= 0.6 is 0 Å². The number of hydrogen-bond donors (Lipinski definition) is 2. The van der Waals surface area contributed by atoms with Crippen LogP contribution in [0.4, 0.5) is 5.69 Å². The molecular weight excluding hydrogens is 240 g/mol. The molecule has 104 valence electrons. The number of hydrogen-bond acceptors (Lipinski definition) is 4. The molecule has 1 unspecified atom stereocenters. The molecule has 4 nitrogen and oxygen atoms in total. The zero-order valence-corrected chi connectivity index (χ0v) is 11.5. The molecule has 0 aliphatic carbocycles. The predicted molar refractivity (Wildman–Crippen MR) is 75.9 cm³/mol. The van der Waals surface area contributed by atoms with Crippen LogP contribution in [-0.4, -0.2) is 37.5 Å². The highest BCUT2D eigenvalue weighted by molar-refractivity contribution is 5.61. The van der Waals surface area contributed by atoms with E-state index in [1.165, 1.54) is 17.7 Å². The van der Waals surface area contributed by atoms with E-state index in [2.05, 4.69) is 24.1 Å². The van der Waals surface area contributed by atoms with E-state index in [-0.39, 0.29) is 6.54 Å². The lowest BCUT2D eigenvalue weighted by molar-refractivity contribution is 0.0346. The van der Waals surface area contributed by atoms with Gasteiger partial charge in [-0.15, -0.1) is 0 Å². The maximum Gasteiger partial charge on any atom is 0.123 e. The standard InChI is InChI=1S/C15H22N2O2/c1-17-5-2-3-11-8-14-12(7-13(11)17)9-15(18,10-16)4-6-19-14/h7-8,18H,2-6,9-10,16H2,1H3. The van der Waals surface area contributed by atoms with Crippen LogP contribution in [0.5, 0.6) is 5.75 Å². The summed E-state index contributed by atoms with van der Waals surface area (Å²) in [6.07, 6.45) is 3.48. The molecule has 3 rings (SSSR count). The van der Waals surface area contributed by atoms with Gasteiger partial charge < -0.3 is 20.5 Å². The van der Waals surface area contributed by atoms with E-state index in [1.807, 2.05) is 0 Å². The number of rotatable bonds is 1. The maximum absolute atomic E-state index is 10.5. The summed E-state index contributed by atoms with van der Waals surface area (Å²) in [5.41, 5.74) is 8.59. The Bertz CT molecular complexity index is 489. The Balaban J connectivity index is 2.02. The van der Waals surface area contributed by atoms with Crippen LogP contribution in [0.3, 0.4) is 0 Å². The normalized spacial score (nSPS) is 26.2. The maximum atomic E-state index is 10.5. The first kappa shape index (κ1) is 12.8.